The molecule has 1 aromatic carbocycles. The van der Waals surface area contributed by atoms with Crippen molar-refractivity contribution in [3.63, 3.8) is 0 Å². The van der Waals surface area contributed by atoms with Gasteiger partial charge < -0.3 is 5.32 Å². The van der Waals surface area contributed by atoms with Crippen LogP contribution in [0.1, 0.15) is 24.6 Å². The molecule has 2 aromatic heterocycles. The summed E-state index contributed by atoms with van der Waals surface area (Å²) in [6.07, 6.45) is 2.21. The first kappa shape index (κ1) is 14.6. The second-order valence-electron chi connectivity index (χ2n) is 5.90. The van der Waals surface area contributed by atoms with Crippen molar-refractivity contribution in [1.82, 2.24) is 30.0 Å². The quantitative estimate of drug-likeness (QED) is 0.773. The molecular formula is C16H17N7O. The fraction of sp³-hybridized carbons (Fsp3) is 0.312. The number of hydrogen-bond donors (Lipinski definition) is 1. The molecule has 1 fully saturated rings. The lowest BCUT2D eigenvalue weighted by molar-refractivity contribution is -0.117. The van der Waals surface area contributed by atoms with Crippen molar-refractivity contribution in [3.8, 4) is 11.4 Å². The highest BCUT2D eigenvalue weighted by Crippen LogP contribution is 2.36. The Morgan fingerprint density at radius 2 is 2.04 bits per heavy atom. The highest BCUT2D eigenvalue weighted by atomic mass is 16.2. The van der Waals surface area contributed by atoms with E-state index in [1.807, 2.05) is 48.0 Å². The standard InChI is InChI=1S/C16H17N7O/c1-11-9-14(23(19-11)13-7-8-13)17-15(24)10-22-20-16(18-21-22)12-5-3-2-4-6-12/h2-6,9,13H,7-8,10H2,1H3,(H,17,24). The first-order chi connectivity index (χ1) is 11.7. The number of tetrazole rings is 1. The molecule has 1 amide bonds. The van der Waals surface area contributed by atoms with Gasteiger partial charge in [0.15, 0.2) is 0 Å². The number of rotatable bonds is 5. The molecule has 1 aliphatic carbocycles. The molecule has 8 heteroatoms. The molecule has 1 aliphatic rings. The maximum atomic E-state index is 12.3. The van der Waals surface area contributed by atoms with E-state index in [4.69, 9.17) is 0 Å². The zero-order valence-corrected chi connectivity index (χ0v) is 13.3. The predicted octanol–water partition coefficient (Wildman–Crippen LogP) is 1.82. The van der Waals surface area contributed by atoms with Crippen LogP contribution in [0.25, 0.3) is 11.4 Å². The van der Waals surface area contributed by atoms with Crippen LogP contribution >= 0.6 is 0 Å². The molecule has 1 saturated carbocycles. The fourth-order valence-electron chi connectivity index (χ4n) is 2.53. The summed E-state index contributed by atoms with van der Waals surface area (Å²) in [7, 11) is 0. The zero-order chi connectivity index (χ0) is 16.5. The number of aromatic nitrogens is 6. The average Bonchev–Trinajstić information content (AvgIpc) is 3.21. The molecule has 4 rings (SSSR count). The van der Waals surface area contributed by atoms with E-state index in [-0.39, 0.29) is 12.5 Å². The van der Waals surface area contributed by atoms with E-state index in [9.17, 15) is 4.79 Å². The van der Waals surface area contributed by atoms with E-state index < -0.39 is 0 Å². The van der Waals surface area contributed by atoms with Crippen LogP contribution in [0.2, 0.25) is 0 Å². The summed E-state index contributed by atoms with van der Waals surface area (Å²) in [6.45, 7) is 1.92. The maximum absolute atomic E-state index is 12.3. The summed E-state index contributed by atoms with van der Waals surface area (Å²) in [4.78, 5) is 13.5. The molecule has 1 N–H and O–H groups in total. The summed E-state index contributed by atoms with van der Waals surface area (Å²) in [5.41, 5.74) is 1.76. The fourth-order valence-corrected chi connectivity index (χ4v) is 2.53. The van der Waals surface area contributed by atoms with Gasteiger partial charge in [-0.25, -0.2) is 4.68 Å². The molecule has 0 radical (unpaired) electrons. The smallest absolute Gasteiger partial charge is 0.249 e. The van der Waals surface area contributed by atoms with Gasteiger partial charge in [0, 0.05) is 11.6 Å². The summed E-state index contributed by atoms with van der Waals surface area (Å²) in [5, 5.41) is 19.5. The average molecular weight is 323 g/mol. The van der Waals surface area contributed by atoms with E-state index >= 15 is 0 Å². The van der Waals surface area contributed by atoms with Crippen LogP contribution in [0, 0.1) is 6.92 Å². The Bertz CT molecular complexity index is 864. The first-order valence-corrected chi connectivity index (χ1v) is 7.88. The van der Waals surface area contributed by atoms with E-state index in [2.05, 4.69) is 25.8 Å². The SMILES string of the molecule is Cc1cc(NC(=O)Cn2nnc(-c3ccccc3)n2)n(C2CC2)n1. The highest BCUT2D eigenvalue weighted by molar-refractivity contribution is 5.89. The summed E-state index contributed by atoms with van der Waals surface area (Å²) in [6, 6.07) is 11.8. The second kappa shape index (κ2) is 5.88. The largest absolute Gasteiger partial charge is 0.309 e. The van der Waals surface area contributed by atoms with Gasteiger partial charge in [-0.15, -0.1) is 10.2 Å². The molecule has 0 saturated heterocycles. The van der Waals surface area contributed by atoms with Crippen LogP contribution in [0.4, 0.5) is 5.82 Å². The van der Waals surface area contributed by atoms with Crippen LogP contribution in [-0.4, -0.2) is 35.9 Å². The monoisotopic (exact) mass is 323 g/mol. The van der Waals surface area contributed by atoms with Crippen molar-refractivity contribution in [3.05, 3.63) is 42.1 Å². The molecule has 24 heavy (non-hydrogen) atoms. The summed E-state index contributed by atoms with van der Waals surface area (Å²) >= 11 is 0. The zero-order valence-electron chi connectivity index (χ0n) is 13.3. The molecule has 3 aromatic rings. The molecular weight excluding hydrogens is 306 g/mol. The minimum atomic E-state index is -0.200. The summed E-state index contributed by atoms with van der Waals surface area (Å²) < 4.78 is 1.89. The third-order valence-electron chi connectivity index (χ3n) is 3.79. The van der Waals surface area contributed by atoms with Crippen molar-refractivity contribution >= 4 is 11.7 Å². The maximum Gasteiger partial charge on any atom is 0.249 e. The van der Waals surface area contributed by atoms with Gasteiger partial charge in [-0.05, 0) is 25.0 Å². The lowest BCUT2D eigenvalue weighted by Crippen LogP contribution is -2.22. The molecule has 0 bridgehead atoms. The highest BCUT2D eigenvalue weighted by Gasteiger charge is 2.27. The van der Waals surface area contributed by atoms with Crippen LogP contribution in [-0.2, 0) is 11.3 Å². The molecule has 2 heterocycles. The van der Waals surface area contributed by atoms with Gasteiger partial charge in [-0.3, -0.25) is 4.79 Å². The third-order valence-corrected chi connectivity index (χ3v) is 3.79. The number of carbonyl (C=O) groups is 1. The number of nitrogens with zero attached hydrogens (tertiary/aromatic N) is 6. The van der Waals surface area contributed by atoms with E-state index in [1.54, 1.807) is 0 Å². The van der Waals surface area contributed by atoms with Crippen LogP contribution < -0.4 is 5.32 Å². The lowest BCUT2D eigenvalue weighted by Gasteiger charge is -2.07. The van der Waals surface area contributed by atoms with Gasteiger partial charge in [0.2, 0.25) is 11.7 Å². The number of benzene rings is 1. The third kappa shape index (κ3) is 3.03. The first-order valence-electron chi connectivity index (χ1n) is 7.88. The number of anilines is 1. The van der Waals surface area contributed by atoms with Gasteiger partial charge >= 0.3 is 0 Å². The number of hydrogen-bond acceptors (Lipinski definition) is 5. The Kier molecular flexibility index (Phi) is 3.56. The van der Waals surface area contributed by atoms with Gasteiger partial charge in [-0.1, -0.05) is 30.3 Å². The van der Waals surface area contributed by atoms with Gasteiger partial charge in [0.05, 0.1) is 11.7 Å². The van der Waals surface area contributed by atoms with Gasteiger partial charge in [0.25, 0.3) is 0 Å². The number of nitrogens with one attached hydrogen (secondary N) is 1. The van der Waals surface area contributed by atoms with Gasteiger partial charge in [-0.2, -0.15) is 9.90 Å². The van der Waals surface area contributed by atoms with Crippen LogP contribution in [0.5, 0.6) is 0 Å². The molecule has 0 spiro atoms. The Labute approximate surface area is 138 Å². The van der Waals surface area contributed by atoms with E-state index in [0.29, 0.717) is 11.9 Å². The Balaban J connectivity index is 1.44. The molecule has 122 valence electrons. The molecule has 0 aliphatic heterocycles. The minimum Gasteiger partial charge on any atom is -0.309 e. The Morgan fingerprint density at radius 3 is 2.79 bits per heavy atom. The van der Waals surface area contributed by atoms with Crippen molar-refractivity contribution in [1.29, 1.82) is 0 Å². The Morgan fingerprint density at radius 1 is 1.25 bits per heavy atom. The van der Waals surface area contributed by atoms with Crippen LogP contribution in [0.15, 0.2) is 36.4 Å². The molecule has 0 atom stereocenters. The van der Waals surface area contributed by atoms with E-state index in [0.717, 1.165) is 29.9 Å². The topological polar surface area (TPSA) is 90.5 Å². The van der Waals surface area contributed by atoms with Crippen LogP contribution in [0.3, 0.4) is 0 Å². The number of carbonyl (C=O) groups excluding carboxylic acids is 1. The normalized spacial score (nSPS) is 13.9. The lowest BCUT2D eigenvalue weighted by atomic mass is 10.2. The van der Waals surface area contributed by atoms with Crippen molar-refractivity contribution < 1.29 is 4.79 Å². The predicted molar refractivity (Wildman–Crippen MR) is 87.1 cm³/mol. The molecule has 8 nitrogen and oxygen atoms in total. The second-order valence-corrected chi connectivity index (χ2v) is 5.90. The van der Waals surface area contributed by atoms with Gasteiger partial charge in [0.1, 0.15) is 12.4 Å². The van der Waals surface area contributed by atoms with Crippen molar-refractivity contribution in [2.45, 2.75) is 32.4 Å². The minimum absolute atomic E-state index is 0.00866. The van der Waals surface area contributed by atoms with Crippen molar-refractivity contribution in [2.75, 3.05) is 5.32 Å². The number of aryl methyl sites for hydroxylation is 1. The van der Waals surface area contributed by atoms with Crippen molar-refractivity contribution in [2.24, 2.45) is 0 Å². The summed E-state index contributed by atoms with van der Waals surface area (Å²) in [5.74, 6) is 1.03. The Hall–Kier alpha value is -3.03. The molecule has 0 unspecified atom stereocenters. The van der Waals surface area contributed by atoms with E-state index in [1.165, 1.54) is 4.80 Å². The number of amides is 1.